The van der Waals surface area contributed by atoms with Gasteiger partial charge in [0.2, 0.25) is 11.7 Å². The van der Waals surface area contributed by atoms with E-state index in [1.807, 2.05) is 17.5 Å². The Morgan fingerprint density at radius 1 is 1.47 bits per heavy atom. The van der Waals surface area contributed by atoms with Crippen molar-refractivity contribution in [1.82, 2.24) is 10.1 Å². The first-order chi connectivity index (χ1) is 8.38. The lowest BCUT2D eigenvalue weighted by Gasteiger charge is -2.12. The maximum absolute atomic E-state index is 5.78. The Hall–Kier alpha value is -1.20. The van der Waals surface area contributed by atoms with Crippen molar-refractivity contribution in [3.63, 3.8) is 0 Å². The molecule has 0 spiro atoms. The minimum atomic E-state index is 0.362. The van der Waals surface area contributed by atoms with Crippen LogP contribution in [0.15, 0.2) is 22.0 Å². The van der Waals surface area contributed by atoms with Gasteiger partial charge < -0.3 is 10.3 Å². The molecule has 1 saturated carbocycles. The van der Waals surface area contributed by atoms with Gasteiger partial charge in [-0.2, -0.15) is 4.98 Å². The summed E-state index contributed by atoms with van der Waals surface area (Å²) < 4.78 is 5.39. The highest BCUT2D eigenvalue weighted by Crippen LogP contribution is 2.38. The molecule has 0 aromatic carbocycles. The molecule has 1 fully saturated rings. The molecule has 2 aromatic rings. The summed E-state index contributed by atoms with van der Waals surface area (Å²) in [7, 11) is 0. The minimum absolute atomic E-state index is 0.362. The molecule has 90 valence electrons. The van der Waals surface area contributed by atoms with E-state index in [0.717, 1.165) is 17.2 Å². The van der Waals surface area contributed by atoms with Gasteiger partial charge in [-0.05, 0) is 36.8 Å². The number of hydrogen-bond acceptors (Lipinski definition) is 5. The number of rotatable bonds is 3. The second-order valence-corrected chi connectivity index (χ2v) is 5.41. The van der Waals surface area contributed by atoms with Crippen LogP contribution >= 0.6 is 11.3 Å². The highest BCUT2D eigenvalue weighted by Gasteiger charge is 2.32. The summed E-state index contributed by atoms with van der Waals surface area (Å²) in [5.41, 5.74) is 5.78. The molecule has 2 aromatic heterocycles. The Balaban J connectivity index is 1.85. The number of nitrogens with two attached hydrogens (primary N) is 1. The fourth-order valence-corrected chi connectivity index (χ4v) is 3.18. The molecule has 1 aliphatic carbocycles. The zero-order valence-electron chi connectivity index (χ0n) is 9.50. The third-order valence-corrected chi connectivity index (χ3v) is 4.33. The van der Waals surface area contributed by atoms with Gasteiger partial charge in [0.25, 0.3) is 0 Å². The molecule has 0 amide bonds. The summed E-state index contributed by atoms with van der Waals surface area (Å²) in [5, 5.41) is 6.07. The largest absolute Gasteiger partial charge is 0.339 e. The van der Waals surface area contributed by atoms with Crippen molar-refractivity contribution >= 4 is 11.3 Å². The molecule has 2 heterocycles. The van der Waals surface area contributed by atoms with E-state index >= 15 is 0 Å². The Bertz CT molecular complexity index is 480. The lowest BCUT2D eigenvalue weighted by molar-refractivity contribution is 0.326. The van der Waals surface area contributed by atoms with Gasteiger partial charge in [-0.15, -0.1) is 11.3 Å². The van der Waals surface area contributed by atoms with Gasteiger partial charge >= 0.3 is 0 Å². The molecule has 4 nitrogen and oxygen atoms in total. The minimum Gasteiger partial charge on any atom is -0.339 e. The summed E-state index contributed by atoms with van der Waals surface area (Å²) in [6, 6.07) is 4.00. The first-order valence-corrected chi connectivity index (χ1v) is 6.84. The van der Waals surface area contributed by atoms with Crippen LogP contribution in [0, 0.1) is 5.92 Å². The average molecular weight is 249 g/mol. The Morgan fingerprint density at radius 3 is 3.18 bits per heavy atom. The van der Waals surface area contributed by atoms with E-state index in [1.165, 1.54) is 12.8 Å². The van der Waals surface area contributed by atoms with Crippen molar-refractivity contribution in [2.24, 2.45) is 11.7 Å². The number of thiophene rings is 1. The van der Waals surface area contributed by atoms with E-state index in [4.69, 9.17) is 10.3 Å². The zero-order valence-corrected chi connectivity index (χ0v) is 10.3. The lowest BCUT2D eigenvalue weighted by Crippen LogP contribution is -2.17. The van der Waals surface area contributed by atoms with Gasteiger partial charge in [0, 0.05) is 5.92 Å². The van der Waals surface area contributed by atoms with E-state index in [0.29, 0.717) is 24.2 Å². The molecule has 0 saturated heterocycles. The second kappa shape index (κ2) is 4.58. The molecular weight excluding hydrogens is 234 g/mol. The predicted molar refractivity (Wildman–Crippen MR) is 66.7 cm³/mol. The fourth-order valence-electron chi connectivity index (χ4n) is 2.54. The van der Waals surface area contributed by atoms with Crippen molar-refractivity contribution in [3.05, 3.63) is 23.4 Å². The van der Waals surface area contributed by atoms with Crippen LogP contribution in [0.4, 0.5) is 0 Å². The highest BCUT2D eigenvalue weighted by molar-refractivity contribution is 7.13. The third-order valence-electron chi connectivity index (χ3n) is 3.46. The van der Waals surface area contributed by atoms with Crippen LogP contribution < -0.4 is 5.73 Å². The van der Waals surface area contributed by atoms with Crippen LogP contribution in [0.5, 0.6) is 0 Å². The quantitative estimate of drug-likeness (QED) is 0.908. The Morgan fingerprint density at radius 2 is 2.41 bits per heavy atom. The van der Waals surface area contributed by atoms with Gasteiger partial charge in [0.05, 0.1) is 4.88 Å². The van der Waals surface area contributed by atoms with Crippen LogP contribution in [-0.4, -0.2) is 16.7 Å². The summed E-state index contributed by atoms with van der Waals surface area (Å²) in [6.07, 6.45) is 3.51. The monoisotopic (exact) mass is 249 g/mol. The Labute approximate surface area is 104 Å². The van der Waals surface area contributed by atoms with E-state index < -0.39 is 0 Å². The van der Waals surface area contributed by atoms with Crippen molar-refractivity contribution in [2.45, 2.75) is 25.2 Å². The van der Waals surface area contributed by atoms with E-state index in [9.17, 15) is 0 Å². The van der Waals surface area contributed by atoms with Crippen LogP contribution in [0.3, 0.4) is 0 Å². The molecule has 17 heavy (non-hydrogen) atoms. The Kier molecular flexibility index (Phi) is 2.94. The SMILES string of the molecule is NCC1CCCC1c1nc(-c2cccs2)no1. The summed E-state index contributed by atoms with van der Waals surface area (Å²) in [4.78, 5) is 5.57. The molecule has 5 heteroatoms. The first kappa shape index (κ1) is 10.9. The predicted octanol–water partition coefficient (Wildman–Crippen LogP) is 2.64. The van der Waals surface area contributed by atoms with Crippen molar-refractivity contribution < 1.29 is 4.52 Å². The molecule has 0 bridgehead atoms. The fraction of sp³-hybridized carbons (Fsp3) is 0.500. The molecule has 0 aliphatic heterocycles. The summed E-state index contributed by atoms with van der Waals surface area (Å²) in [6.45, 7) is 0.710. The maximum atomic E-state index is 5.78. The smallest absolute Gasteiger partial charge is 0.230 e. The molecule has 2 atom stereocenters. The van der Waals surface area contributed by atoms with Crippen molar-refractivity contribution in [3.8, 4) is 10.7 Å². The number of nitrogens with zero attached hydrogens (tertiary/aromatic N) is 2. The summed E-state index contributed by atoms with van der Waals surface area (Å²) >= 11 is 1.63. The van der Waals surface area contributed by atoms with E-state index in [2.05, 4.69) is 10.1 Å². The molecule has 2 N–H and O–H groups in total. The standard InChI is InChI=1S/C12H15N3OS/c13-7-8-3-1-4-9(8)12-14-11(15-16-12)10-5-2-6-17-10/h2,5-6,8-9H,1,3-4,7,13H2. The molecule has 0 radical (unpaired) electrons. The maximum Gasteiger partial charge on any atom is 0.230 e. The second-order valence-electron chi connectivity index (χ2n) is 4.47. The van der Waals surface area contributed by atoms with Gasteiger partial charge in [-0.25, -0.2) is 0 Å². The summed E-state index contributed by atoms with van der Waals surface area (Å²) in [5.74, 6) is 2.34. The third kappa shape index (κ3) is 2.00. The van der Waals surface area contributed by atoms with Crippen molar-refractivity contribution in [2.75, 3.05) is 6.54 Å². The average Bonchev–Trinajstić information content (AvgIpc) is 3.09. The van der Waals surface area contributed by atoms with Crippen LogP contribution in [0.2, 0.25) is 0 Å². The first-order valence-electron chi connectivity index (χ1n) is 5.96. The van der Waals surface area contributed by atoms with Gasteiger partial charge in [-0.3, -0.25) is 0 Å². The number of aromatic nitrogens is 2. The lowest BCUT2D eigenvalue weighted by atomic mass is 9.96. The topological polar surface area (TPSA) is 64.9 Å². The molecule has 1 aliphatic rings. The van der Waals surface area contributed by atoms with Gasteiger partial charge in [-0.1, -0.05) is 17.6 Å². The van der Waals surface area contributed by atoms with E-state index in [-0.39, 0.29) is 0 Å². The van der Waals surface area contributed by atoms with Gasteiger partial charge in [0.1, 0.15) is 0 Å². The van der Waals surface area contributed by atoms with Gasteiger partial charge in [0.15, 0.2) is 0 Å². The highest BCUT2D eigenvalue weighted by atomic mass is 32.1. The zero-order chi connectivity index (χ0) is 11.7. The molecule has 3 rings (SSSR count). The van der Waals surface area contributed by atoms with Crippen LogP contribution in [0.1, 0.15) is 31.1 Å². The number of hydrogen-bond donors (Lipinski definition) is 1. The van der Waals surface area contributed by atoms with Crippen LogP contribution in [0.25, 0.3) is 10.7 Å². The van der Waals surface area contributed by atoms with E-state index in [1.54, 1.807) is 11.3 Å². The van der Waals surface area contributed by atoms with Crippen LogP contribution in [-0.2, 0) is 0 Å². The van der Waals surface area contributed by atoms with Crippen molar-refractivity contribution in [1.29, 1.82) is 0 Å². The molecule has 2 unspecified atom stereocenters. The molecular formula is C12H15N3OS. The normalized spacial score (nSPS) is 24.3.